The minimum Gasteiger partial charge on any atom is -0.326 e. The molecule has 0 aliphatic carbocycles. The molecular weight excluding hydrogens is 375 g/mol. The lowest BCUT2D eigenvalue weighted by Crippen LogP contribution is -2.32. The van der Waals surface area contributed by atoms with Crippen molar-refractivity contribution < 1.29 is 18.8 Å². The van der Waals surface area contributed by atoms with E-state index in [4.69, 9.17) is 0 Å². The topological polar surface area (TPSA) is 84.3 Å². The summed E-state index contributed by atoms with van der Waals surface area (Å²) in [6.45, 7) is 1.71. The molecule has 8 heteroatoms. The molecule has 146 valence electrons. The Hall–Kier alpha value is -3.81. The lowest BCUT2D eigenvalue weighted by molar-refractivity contribution is -0.116. The average molecular weight is 392 g/mol. The standard InChI is InChI=1S/C21H17FN4O3/c1-13-23-9-11-25(13)18-7-6-14(12-17(18)22)24-19(27)8-10-26-20(28)15-4-2-3-5-16(15)21(26)29/h2-7,9,11-12H,8,10H2,1H3,(H,24,27). The van der Waals surface area contributed by atoms with Gasteiger partial charge in [-0.05, 0) is 37.3 Å². The van der Waals surface area contributed by atoms with Crippen LogP contribution < -0.4 is 5.32 Å². The zero-order chi connectivity index (χ0) is 20.5. The Morgan fingerprint density at radius 2 is 1.79 bits per heavy atom. The van der Waals surface area contributed by atoms with Gasteiger partial charge in [0.1, 0.15) is 11.6 Å². The van der Waals surface area contributed by atoms with Crippen molar-refractivity contribution in [2.45, 2.75) is 13.3 Å². The van der Waals surface area contributed by atoms with Gasteiger partial charge in [-0.15, -0.1) is 0 Å². The second-order valence-electron chi connectivity index (χ2n) is 6.62. The summed E-state index contributed by atoms with van der Waals surface area (Å²) in [6, 6.07) is 10.9. The van der Waals surface area contributed by atoms with Crippen molar-refractivity contribution in [3.8, 4) is 5.69 Å². The van der Waals surface area contributed by atoms with Gasteiger partial charge in [0, 0.05) is 31.0 Å². The molecule has 0 fully saturated rings. The molecule has 1 N–H and O–H groups in total. The number of nitrogens with zero attached hydrogens (tertiary/aromatic N) is 3. The lowest BCUT2D eigenvalue weighted by Gasteiger charge is -2.14. The van der Waals surface area contributed by atoms with Gasteiger partial charge in [-0.25, -0.2) is 9.37 Å². The normalized spacial score (nSPS) is 13.0. The van der Waals surface area contributed by atoms with Crippen molar-refractivity contribution in [3.63, 3.8) is 0 Å². The Morgan fingerprint density at radius 1 is 1.10 bits per heavy atom. The molecule has 0 saturated heterocycles. The Kier molecular flexibility index (Phi) is 4.67. The van der Waals surface area contributed by atoms with Crippen molar-refractivity contribution >= 4 is 23.4 Å². The van der Waals surface area contributed by atoms with Crippen LogP contribution in [0.15, 0.2) is 54.9 Å². The summed E-state index contributed by atoms with van der Waals surface area (Å²) >= 11 is 0. The number of anilines is 1. The van der Waals surface area contributed by atoms with E-state index in [2.05, 4.69) is 10.3 Å². The third-order valence-corrected chi connectivity index (χ3v) is 4.76. The largest absolute Gasteiger partial charge is 0.326 e. The van der Waals surface area contributed by atoms with E-state index in [1.807, 2.05) is 0 Å². The summed E-state index contributed by atoms with van der Waals surface area (Å²) < 4.78 is 16.0. The van der Waals surface area contributed by atoms with Crippen LogP contribution in [0.5, 0.6) is 0 Å². The maximum Gasteiger partial charge on any atom is 0.261 e. The van der Waals surface area contributed by atoms with Gasteiger partial charge < -0.3 is 9.88 Å². The lowest BCUT2D eigenvalue weighted by atomic mass is 10.1. The van der Waals surface area contributed by atoms with Crippen molar-refractivity contribution in [1.82, 2.24) is 14.5 Å². The Balaban J connectivity index is 1.40. The number of halogens is 1. The van der Waals surface area contributed by atoms with E-state index in [0.29, 0.717) is 22.6 Å². The molecule has 0 spiro atoms. The SMILES string of the molecule is Cc1nccn1-c1ccc(NC(=O)CCN2C(=O)c3ccccc3C2=O)cc1F. The zero-order valence-corrected chi connectivity index (χ0v) is 15.6. The van der Waals surface area contributed by atoms with Crippen LogP contribution in [0.2, 0.25) is 0 Å². The first-order valence-corrected chi connectivity index (χ1v) is 9.00. The Bertz CT molecular complexity index is 1100. The molecule has 1 aromatic heterocycles. The third kappa shape index (κ3) is 3.40. The first-order valence-electron chi connectivity index (χ1n) is 9.00. The highest BCUT2D eigenvalue weighted by Gasteiger charge is 2.34. The Morgan fingerprint density at radius 3 is 2.38 bits per heavy atom. The van der Waals surface area contributed by atoms with E-state index < -0.39 is 23.5 Å². The van der Waals surface area contributed by atoms with Crippen LogP contribution in [0.4, 0.5) is 10.1 Å². The van der Waals surface area contributed by atoms with Gasteiger partial charge in [0.05, 0.1) is 16.8 Å². The fourth-order valence-electron chi connectivity index (χ4n) is 3.29. The number of carbonyl (C=O) groups is 3. The predicted molar refractivity (Wildman–Crippen MR) is 103 cm³/mol. The first-order chi connectivity index (χ1) is 14.0. The summed E-state index contributed by atoms with van der Waals surface area (Å²) in [5.41, 5.74) is 1.29. The molecule has 3 aromatic rings. The molecule has 0 radical (unpaired) electrons. The summed E-state index contributed by atoms with van der Waals surface area (Å²) in [4.78, 5) is 42.0. The van der Waals surface area contributed by atoms with E-state index in [9.17, 15) is 18.8 Å². The monoisotopic (exact) mass is 392 g/mol. The molecule has 2 heterocycles. The van der Waals surface area contributed by atoms with Gasteiger partial charge in [0.15, 0.2) is 0 Å². The van der Waals surface area contributed by atoms with E-state index in [0.717, 1.165) is 4.90 Å². The summed E-state index contributed by atoms with van der Waals surface area (Å²) in [6.07, 6.45) is 3.13. The summed E-state index contributed by atoms with van der Waals surface area (Å²) in [5.74, 6) is -1.12. The van der Waals surface area contributed by atoms with E-state index in [-0.39, 0.29) is 18.7 Å². The Labute approximate surface area is 165 Å². The van der Waals surface area contributed by atoms with E-state index in [1.165, 1.54) is 6.07 Å². The molecule has 0 saturated carbocycles. The van der Waals surface area contributed by atoms with E-state index >= 15 is 0 Å². The minimum atomic E-state index is -0.510. The van der Waals surface area contributed by atoms with Crippen molar-refractivity contribution in [2.24, 2.45) is 0 Å². The summed E-state index contributed by atoms with van der Waals surface area (Å²) in [5, 5.41) is 2.59. The second-order valence-corrected chi connectivity index (χ2v) is 6.62. The van der Waals surface area contributed by atoms with Crippen LogP contribution in [-0.4, -0.2) is 38.7 Å². The molecule has 3 amide bonds. The fourth-order valence-corrected chi connectivity index (χ4v) is 3.29. The number of aryl methyl sites for hydroxylation is 1. The molecule has 1 aliphatic rings. The first kappa shape index (κ1) is 18.5. The maximum atomic E-state index is 14.4. The number of fused-ring (bicyclic) bond motifs is 1. The van der Waals surface area contributed by atoms with Crippen LogP contribution in [-0.2, 0) is 4.79 Å². The number of benzene rings is 2. The zero-order valence-electron chi connectivity index (χ0n) is 15.6. The van der Waals surface area contributed by atoms with Gasteiger partial charge in [-0.1, -0.05) is 12.1 Å². The molecular formula is C21H17FN4O3. The van der Waals surface area contributed by atoms with Gasteiger partial charge in [0.25, 0.3) is 11.8 Å². The van der Waals surface area contributed by atoms with Crippen LogP contribution in [0.3, 0.4) is 0 Å². The molecule has 7 nitrogen and oxygen atoms in total. The summed E-state index contributed by atoms with van der Waals surface area (Å²) in [7, 11) is 0. The molecule has 0 bridgehead atoms. The molecule has 0 unspecified atom stereocenters. The fraction of sp³-hybridized carbons (Fsp3) is 0.143. The number of amides is 3. The van der Waals surface area contributed by atoms with Crippen LogP contribution in [0, 0.1) is 12.7 Å². The van der Waals surface area contributed by atoms with Gasteiger partial charge in [-0.3, -0.25) is 19.3 Å². The molecule has 0 atom stereocenters. The van der Waals surface area contributed by atoms with Crippen LogP contribution in [0.25, 0.3) is 5.69 Å². The van der Waals surface area contributed by atoms with Crippen LogP contribution in [0.1, 0.15) is 33.0 Å². The number of hydrogen-bond acceptors (Lipinski definition) is 4. The molecule has 1 aliphatic heterocycles. The van der Waals surface area contributed by atoms with Crippen molar-refractivity contribution in [1.29, 1.82) is 0 Å². The van der Waals surface area contributed by atoms with Crippen LogP contribution >= 0.6 is 0 Å². The number of rotatable bonds is 5. The smallest absolute Gasteiger partial charge is 0.261 e. The van der Waals surface area contributed by atoms with Gasteiger partial charge in [0.2, 0.25) is 5.91 Å². The molecule has 2 aromatic carbocycles. The van der Waals surface area contributed by atoms with E-state index in [1.54, 1.807) is 60.3 Å². The number of carbonyl (C=O) groups excluding carboxylic acids is 3. The van der Waals surface area contributed by atoms with Crippen molar-refractivity contribution in [3.05, 3.63) is 77.6 Å². The third-order valence-electron chi connectivity index (χ3n) is 4.76. The highest BCUT2D eigenvalue weighted by molar-refractivity contribution is 6.21. The maximum absolute atomic E-state index is 14.4. The minimum absolute atomic E-state index is 0.0486. The number of hydrogen-bond donors (Lipinski definition) is 1. The molecule has 4 rings (SSSR count). The van der Waals surface area contributed by atoms with Gasteiger partial charge in [-0.2, -0.15) is 0 Å². The second kappa shape index (κ2) is 7.31. The molecule has 29 heavy (non-hydrogen) atoms. The van der Waals surface area contributed by atoms with Crippen molar-refractivity contribution in [2.75, 3.05) is 11.9 Å². The average Bonchev–Trinajstić information content (AvgIpc) is 3.23. The number of imide groups is 1. The van der Waals surface area contributed by atoms with Gasteiger partial charge >= 0.3 is 0 Å². The highest BCUT2D eigenvalue weighted by Crippen LogP contribution is 2.23. The number of imidazole rings is 1. The predicted octanol–water partition coefficient (Wildman–Crippen LogP) is 2.94. The number of nitrogens with one attached hydrogen (secondary N) is 1. The highest BCUT2D eigenvalue weighted by atomic mass is 19.1. The number of aromatic nitrogens is 2. The quantitative estimate of drug-likeness (QED) is 0.677.